The van der Waals surface area contributed by atoms with Gasteiger partial charge in [-0.1, -0.05) is 71.9 Å². The summed E-state index contributed by atoms with van der Waals surface area (Å²) in [6.45, 7) is 24.8. The van der Waals surface area contributed by atoms with Crippen LogP contribution in [0.5, 0.6) is 0 Å². The van der Waals surface area contributed by atoms with Crippen molar-refractivity contribution in [1.29, 1.82) is 0 Å². The van der Waals surface area contributed by atoms with Gasteiger partial charge >= 0.3 is 5.97 Å². The Balaban J connectivity index is 0.870. The number of benzene rings is 2. The van der Waals surface area contributed by atoms with Gasteiger partial charge in [-0.15, -0.1) is 0 Å². The number of carbonyl (C=O) groups is 4. The molecule has 1 aliphatic carbocycles. The Hall–Kier alpha value is -5.39. The minimum Gasteiger partial charge on any atom is -0.464 e. The molecule has 418 valence electrons. The van der Waals surface area contributed by atoms with Gasteiger partial charge in [0.1, 0.15) is 18.1 Å². The summed E-state index contributed by atoms with van der Waals surface area (Å²) in [4.78, 5) is 72.5. The number of aromatic nitrogens is 2. The zero-order valence-electron chi connectivity index (χ0n) is 47.3. The smallest absolute Gasteiger partial charge is 0.324 e. The fourth-order valence-electron chi connectivity index (χ4n) is 14.4. The number of hydrogen-bond donors (Lipinski definition) is 3. The molecule has 6 saturated heterocycles. The SMILES string of the molecule is CCn1c(-c2cc(N3CCN4CCOC[C@@H]4C3)cnc2C(C)C)c2c3cc(ccc31)-c1cccc(c1)C[C@H](NC(=O)[C@H](C(C)C)N1CC[C@]3(CCN(C(=O)[C@@H]4N[C@@H]4C4CC4)C3)C1)C(=O)N1CCC[C@H](N1)C(=O)OCC(C)(C)C2. The van der Waals surface area contributed by atoms with E-state index in [1.807, 2.05) is 6.07 Å². The Morgan fingerprint density at radius 1 is 0.923 bits per heavy atom. The van der Waals surface area contributed by atoms with Gasteiger partial charge in [0.2, 0.25) is 11.8 Å². The first-order valence-electron chi connectivity index (χ1n) is 29.7. The number of amides is 3. The van der Waals surface area contributed by atoms with Gasteiger partial charge in [-0.05, 0) is 117 Å². The second-order valence-electron chi connectivity index (χ2n) is 25.9. The van der Waals surface area contributed by atoms with Crippen molar-refractivity contribution >= 4 is 40.3 Å². The van der Waals surface area contributed by atoms with E-state index in [2.05, 4.69) is 137 Å². The van der Waals surface area contributed by atoms with Gasteiger partial charge in [-0.25, -0.2) is 5.43 Å². The number of nitrogens with zero attached hydrogens (tertiary/aromatic N) is 7. The van der Waals surface area contributed by atoms with Crippen LogP contribution in [0.25, 0.3) is 33.3 Å². The van der Waals surface area contributed by atoms with Crippen LogP contribution >= 0.6 is 0 Å². The molecule has 2 aromatic carbocycles. The fourth-order valence-corrected chi connectivity index (χ4v) is 14.4. The van der Waals surface area contributed by atoms with E-state index in [-0.39, 0.29) is 60.0 Å². The molecule has 9 heterocycles. The summed E-state index contributed by atoms with van der Waals surface area (Å²) in [5, 5.41) is 9.47. The van der Waals surface area contributed by atoms with E-state index in [4.69, 9.17) is 14.5 Å². The molecule has 1 saturated carbocycles. The lowest BCUT2D eigenvalue weighted by Gasteiger charge is -2.44. The maximum Gasteiger partial charge on any atom is 0.324 e. The van der Waals surface area contributed by atoms with Crippen molar-refractivity contribution in [2.24, 2.45) is 22.7 Å². The standard InChI is InChI=1S/C62H84N10O6/c1-8-71-51-17-16-43-29-46(51)48(56(71)47-30-44(32-63-52(47)38(2)3)68-24-23-67-25-26-77-34-45(67)33-68)31-61(6,7)37-78-60(76)49-13-10-20-72(66-49)58(74)50(28-40-11-9-12-42(43)27-40)64-57(73)55(39(4)5)69-21-18-62(35-69)19-22-70(36-62)59(75)54-53(65-54)41-14-15-41/h9,11-12,16-17,27,29-30,32,38-39,41,45,49-50,53-55,65-66H,8,10,13-15,18-26,28,31,33-37H2,1-7H3,(H,64,73)/t45-,49-,50-,53+,54+,55-,62-/m0/s1. The molecule has 7 atom stereocenters. The second-order valence-corrected chi connectivity index (χ2v) is 25.9. The van der Waals surface area contributed by atoms with Gasteiger partial charge in [0, 0.05) is 98.7 Å². The molecular formula is C62H84N10O6. The van der Waals surface area contributed by atoms with E-state index >= 15 is 4.79 Å². The number of ether oxygens (including phenoxy) is 2. The minimum absolute atomic E-state index is 0.0311. The van der Waals surface area contributed by atoms with Crippen molar-refractivity contribution in [2.75, 3.05) is 83.6 Å². The second kappa shape index (κ2) is 21.3. The van der Waals surface area contributed by atoms with Crippen molar-refractivity contribution in [3.8, 4) is 22.4 Å². The van der Waals surface area contributed by atoms with E-state index in [1.165, 1.54) is 18.4 Å². The number of likely N-dealkylation sites (tertiary alicyclic amines) is 2. The van der Waals surface area contributed by atoms with Gasteiger partial charge in [0.15, 0.2) is 0 Å². The topological polar surface area (TPSA) is 167 Å². The molecule has 7 fully saturated rings. The third-order valence-electron chi connectivity index (χ3n) is 18.8. The van der Waals surface area contributed by atoms with Crippen LogP contribution in [-0.2, 0) is 48.0 Å². The summed E-state index contributed by atoms with van der Waals surface area (Å²) in [6.07, 6.45) is 8.40. The Bertz CT molecular complexity index is 2950. The number of anilines is 1. The van der Waals surface area contributed by atoms with E-state index < -0.39 is 23.5 Å². The number of aryl methyl sites for hydroxylation is 1. The third-order valence-corrected chi connectivity index (χ3v) is 18.8. The molecule has 0 radical (unpaired) electrons. The van der Waals surface area contributed by atoms with Crippen molar-refractivity contribution in [3.63, 3.8) is 0 Å². The molecule has 78 heavy (non-hydrogen) atoms. The van der Waals surface area contributed by atoms with Crippen LogP contribution in [0.3, 0.4) is 0 Å². The van der Waals surface area contributed by atoms with Crippen LogP contribution in [0.1, 0.15) is 110 Å². The zero-order valence-corrected chi connectivity index (χ0v) is 47.3. The highest BCUT2D eigenvalue weighted by molar-refractivity contribution is 5.96. The Labute approximate surface area is 461 Å². The predicted octanol–water partition coefficient (Wildman–Crippen LogP) is 6.38. The third kappa shape index (κ3) is 10.5. The number of nitrogens with one attached hydrogen (secondary N) is 3. The van der Waals surface area contributed by atoms with Crippen LogP contribution in [0.15, 0.2) is 54.7 Å². The van der Waals surface area contributed by atoms with E-state index in [0.717, 1.165) is 135 Å². The maximum atomic E-state index is 15.0. The summed E-state index contributed by atoms with van der Waals surface area (Å²) in [5.41, 5.74) is 12.6. The number of pyridine rings is 1. The molecule has 0 unspecified atom stereocenters. The lowest BCUT2D eigenvalue weighted by atomic mass is 9.83. The van der Waals surface area contributed by atoms with Crippen LogP contribution in [0, 0.1) is 22.7 Å². The monoisotopic (exact) mass is 1060 g/mol. The molecule has 1 spiro atoms. The number of cyclic esters (lactones) is 1. The molecule has 7 aliphatic heterocycles. The number of piperazine rings is 1. The number of esters is 1. The molecular weight excluding hydrogens is 981 g/mol. The first-order valence-corrected chi connectivity index (χ1v) is 29.7. The van der Waals surface area contributed by atoms with E-state index in [1.54, 1.807) is 5.01 Å². The number of fused-ring (bicyclic) bond motifs is 7. The van der Waals surface area contributed by atoms with Crippen LogP contribution < -0.4 is 21.0 Å². The van der Waals surface area contributed by atoms with E-state index in [0.29, 0.717) is 43.8 Å². The number of carbonyl (C=O) groups excluding carboxylic acids is 4. The quantitative estimate of drug-likeness (QED) is 0.119. The summed E-state index contributed by atoms with van der Waals surface area (Å²) >= 11 is 0. The average Bonchev–Trinajstić information content (AvgIpc) is 4.53. The highest BCUT2D eigenvalue weighted by Gasteiger charge is 2.55. The van der Waals surface area contributed by atoms with Gasteiger partial charge in [0.25, 0.3) is 5.91 Å². The highest BCUT2D eigenvalue weighted by Crippen LogP contribution is 2.46. The van der Waals surface area contributed by atoms with Gasteiger partial charge in [-0.3, -0.25) is 44.3 Å². The summed E-state index contributed by atoms with van der Waals surface area (Å²) in [5.74, 6) is 0.193. The largest absolute Gasteiger partial charge is 0.464 e. The Morgan fingerprint density at radius 2 is 1.74 bits per heavy atom. The van der Waals surface area contributed by atoms with Crippen molar-refractivity contribution in [3.05, 3.63) is 71.5 Å². The molecule has 4 aromatic rings. The van der Waals surface area contributed by atoms with Crippen LogP contribution in [-0.4, -0.2) is 168 Å². The van der Waals surface area contributed by atoms with Gasteiger partial charge < -0.3 is 29.2 Å². The summed E-state index contributed by atoms with van der Waals surface area (Å²) < 4.78 is 14.7. The Kier molecular flexibility index (Phi) is 14.5. The van der Waals surface area contributed by atoms with Crippen molar-refractivity contribution < 1.29 is 28.7 Å². The molecule has 3 N–H and O–H groups in total. The first-order chi connectivity index (χ1) is 37.6. The summed E-state index contributed by atoms with van der Waals surface area (Å²) in [7, 11) is 0. The average molecular weight is 1070 g/mol. The molecule has 16 nitrogen and oxygen atoms in total. The fraction of sp³-hybridized carbons (Fsp3) is 0.629. The minimum atomic E-state index is -0.912. The number of rotatable bonds is 10. The van der Waals surface area contributed by atoms with Crippen molar-refractivity contribution in [2.45, 2.75) is 149 Å². The summed E-state index contributed by atoms with van der Waals surface area (Å²) in [6, 6.07) is 16.2. The number of hydrogen-bond acceptors (Lipinski definition) is 12. The normalized spacial score (nSPS) is 28.3. The van der Waals surface area contributed by atoms with Gasteiger partial charge in [-0.2, -0.15) is 0 Å². The Morgan fingerprint density at radius 3 is 2.54 bits per heavy atom. The molecule has 2 aromatic heterocycles. The molecule has 16 heteroatoms. The highest BCUT2D eigenvalue weighted by atomic mass is 16.5. The maximum absolute atomic E-state index is 15.0. The van der Waals surface area contributed by atoms with Crippen LogP contribution in [0.2, 0.25) is 0 Å². The van der Waals surface area contributed by atoms with E-state index in [9.17, 15) is 14.4 Å². The molecule has 12 rings (SSSR count). The predicted molar refractivity (Wildman–Crippen MR) is 303 cm³/mol. The molecule has 8 aliphatic rings. The molecule has 6 bridgehead atoms. The lowest BCUT2D eigenvalue weighted by Crippen LogP contribution is -2.62. The van der Waals surface area contributed by atoms with Crippen molar-refractivity contribution in [1.82, 2.24) is 45.3 Å². The van der Waals surface area contributed by atoms with Crippen LogP contribution in [0.4, 0.5) is 5.69 Å². The lowest BCUT2D eigenvalue weighted by molar-refractivity contribution is -0.155. The zero-order chi connectivity index (χ0) is 54.2. The number of hydrazine groups is 1. The first kappa shape index (κ1) is 53.3. The van der Waals surface area contributed by atoms with Gasteiger partial charge in [0.05, 0.1) is 55.2 Å². The number of morpholine rings is 1. The molecule has 3 amide bonds.